The van der Waals surface area contributed by atoms with Crippen molar-refractivity contribution in [3.05, 3.63) is 53.1 Å². The number of rotatable bonds is 8. The molecule has 1 atom stereocenters. The van der Waals surface area contributed by atoms with E-state index in [1.54, 1.807) is 6.07 Å². The summed E-state index contributed by atoms with van der Waals surface area (Å²) in [6.07, 6.45) is 4.28. The van der Waals surface area contributed by atoms with Crippen molar-refractivity contribution in [1.82, 2.24) is 5.32 Å². The van der Waals surface area contributed by atoms with Crippen LogP contribution in [0.1, 0.15) is 93.6 Å². The summed E-state index contributed by atoms with van der Waals surface area (Å²) in [5, 5.41) is 9.16. The lowest BCUT2D eigenvalue weighted by molar-refractivity contribution is 0.0858. The van der Waals surface area contributed by atoms with Gasteiger partial charge in [-0.25, -0.2) is 4.79 Å². The van der Waals surface area contributed by atoms with E-state index in [0.29, 0.717) is 23.7 Å². The van der Waals surface area contributed by atoms with Crippen LogP contribution in [0.25, 0.3) is 0 Å². The number of carbonyl (C=O) groups excluding carboxylic acids is 2. The number of carbonyl (C=O) groups is 2. The highest BCUT2D eigenvalue weighted by molar-refractivity contribution is 6.04. The molecule has 3 N–H and O–H groups in total. The Balaban J connectivity index is 1.55. The summed E-state index contributed by atoms with van der Waals surface area (Å²) in [6, 6.07) is 11.5. The lowest BCUT2D eigenvalue weighted by Crippen LogP contribution is -2.36. The maximum absolute atomic E-state index is 13.4. The van der Waals surface area contributed by atoms with Gasteiger partial charge in [0, 0.05) is 43.3 Å². The molecule has 38 heavy (non-hydrogen) atoms. The highest BCUT2D eigenvalue weighted by Crippen LogP contribution is 2.33. The second kappa shape index (κ2) is 12.7. The summed E-state index contributed by atoms with van der Waals surface area (Å²) >= 11 is 0. The number of piperidine rings is 1. The molecule has 3 amide bonds. The van der Waals surface area contributed by atoms with Crippen LogP contribution in [-0.2, 0) is 4.74 Å². The third-order valence-corrected chi connectivity index (χ3v) is 7.75. The van der Waals surface area contributed by atoms with Gasteiger partial charge in [-0.3, -0.25) is 4.79 Å². The third kappa shape index (κ3) is 6.87. The molecule has 4 rings (SSSR count). The van der Waals surface area contributed by atoms with Crippen LogP contribution in [0.3, 0.4) is 0 Å². The zero-order chi connectivity index (χ0) is 27.2. The minimum atomic E-state index is -0.315. The van der Waals surface area contributed by atoms with Gasteiger partial charge in [0.1, 0.15) is 0 Å². The summed E-state index contributed by atoms with van der Waals surface area (Å²) in [5.41, 5.74) is 5.17. The second-order valence-corrected chi connectivity index (χ2v) is 11.4. The van der Waals surface area contributed by atoms with E-state index < -0.39 is 0 Å². The number of nitrogens with zero attached hydrogens (tertiary/aromatic N) is 1. The van der Waals surface area contributed by atoms with E-state index >= 15 is 0 Å². The number of ether oxygens (including phenoxy) is 1. The molecule has 2 aromatic carbocycles. The van der Waals surface area contributed by atoms with Gasteiger partial charge in [-0.2, -0.15) is 0 Å². The van der Waals surface area contributed by atoms with Crippen molar-refractivity contribution >= 4 is 29.0 Å². The Labute approximate surface area is 227 Å². The van der Waals surface area contributed by atoms with Gasteiger partial charge in [-0.05, 0) is 72.8 Å². The molecule has 0 radical (unpaired) electrons. The zero-order valence-electron chi connectivity index (χ0n) is 23.6. The molecule has 0 unspecified atom stereocenters. The molecule has 0 spiro atoms. The van der Waals surface area contributed by atoms with E-state index in [2.05, 4.69) is 73.7 Å². The Kier molecular flexibility index (Phi) is 9.31. The topological polar surface area (TPSA) is 82.7 Å². The highest BCUT2D eigenvalue weighted by Gasteiger charge is 2.24. The largest absolute Gasteiger partial charge is 0.376 e. The lowest BCUT2D eigenvalue weighted by Gasteiger charge is -2.33. The molecule has 0 aliphatic carbocycles. The highest BCUT2D eigenvalue weighted by atomic mass is 16.5. The van der Waals surface area contributed by atoms with Crippen LogP contribution < -0.4 is 20.9 Å². The van der Waals surface area contributed by atoms with Gasteiger partial charge >= 0.3 is 6.03 Å². The molecule has 0 aromatic heterocycles. The molecule has 2 aliphatic heterocycles. The van der Waals surface area contributed by atoms with Crippen LogP contribution in [0.15, 0.2) is 36.4 Å². The van der Waals surface area contributed by atoms with Crippen LogP contribution in [0.4, 0.5) is 21.9 Å². The second-order valence-electron chi connectivity index (χ2n) is 11.4. The fourth-order valence-electron chi connectivity index (χ4n) is 5.40. The summed E-state index contributed by atoms with van der Waals surface area (Å²) < 4.78 is 5.69. The molecule has 2 heterocycles. The Morgan fingerprint density at radius 3 is 2.26 bits per heavy atom. The Morgan fingerprint density at radius 2 is 1.66 bits per heavy atom. The number of benzene rings is 2. The summed E-state index contributed by atoms with van der Waals surface area (Å²) in [5.74, 6) is 1.10. The van der Waals surface area contributed by atoms with Crippen molar-refractivity contribution in [2.45, 2.75) is 78.2 Å². The average Bonchev–Trinajstić information content (AvgIpc) is 3.41. The Morgan fingerprint density at radius 1 is 0.974 bits per heavy atom. The smallest absolute Gasteiger partial charge is 0.323 e. The van der Waals surface area contributed by atoms with E-state index in [9.17, 15) is 9.59 Å². The Hall–Kier alpha value is -3.06. The van der Waals surface area contributed by atoms with Crippen LogP contribution in [0, 0.1) is 5.92 Å². The van der Waals surface area contributed by atoms with Crippen LogP contribution in [-0.4, -0.2) is 44.3 Å². The summed E-state index contributed by atoms with van der Waals surface area (Å²) in [6.45, 7) is 13.9. The quantitative estimate of drug-likeness (QED) is 0.361. The van der Waals surface area contributed by atoms with Crippen LogP contribution in [0.5, 0.6) is 0 Å². The number of urea groups is 1. The summed E-state index contributed by atoms with van der Waals surface area (Å²) in [4.78, 5) is 28.9. The molecule has 2 aromatic rings. The van der Waals surface area contributed by atoms with Gasteiger partial charge in [0.2, 0.25) is 0 Å². The van der Waals surface area contributed by atoms with Crippen molar-refractivity contribution < 1.29 is 14.3 Å². The fourth-order valence-corrected chi connectivity index (χ4v) is 5.40. The number of anilines is 3. The molecule has 2 saturated heterocycles. The van der Waals surface area contributed by atoms with Crippen molar-refractivity contribution in [3.63, 3.8) is 0 Å². The van der Waals surface area contributed by atoms with E-state index in [4.69, 9.17) is 4.74 Å². The normalized spacial score (nSPS) is 18.2. The number of hydrogen-bond donors (Lipinski definition) is 3. The molecule has 2 aliphatic rings. The number of para-hydroxylation sites is 1. The first-order valence-electron chi connectivity index (χ1n) is 14.2. The standard InChI is InChI=1S/C31H44N4O3/c1-20(2)25-9-6-10-26(21(3)4)29(25)34-31(37)33-23-11-12-28(35-15-13-22(5)14-16-35)27(18-23)30(36)32-19-24-8-7-17-38-24/h6,9-12,18,20-22,24H,7-8,13-17,19H2,1-5H3,(H,32,36)(H2,33,34,37)/t24-/m0/s1. The Bertz CT molecular complexity index is 1090. The molecule has 0 saturated carbocycles. The van der Waals surface area contributed by atoms with Gasteiger partial charge in [-0.15, -0.1) is 0 Å². The number of nitrogens with one attached hydrogen (secondary N) is 3. The van der Waals surface area contributed by atoms with E-state index in [-0.39, 0.29) is 29.9 Å². The van der Waals surface area contributed by atoms with Gasteiger partial charge in [0.05, 0.1) is 11.7 Å². The van der Waals surface area contributed by atoms with Gasteiger partial charge in [-0.1, -0.05) is 52.8 Å². The average molecular weight is 521 g/mol. The van der Waals surface area contributed by atoms with Crippen LogP contribution >= 0.6 is 0 Å². The molecular weight excluding hydrogens is 476 g/mol. The van der Waals surface area contributed by atoms with Gasteiger partial charge < -0.3 is 25.6 Å². The summed E-state index contributed by atoms with van der Waals surface area (Å²) in [7, 11) is 0. The van der Waals surface area contributed by atoms with Crippen molar-refractivity contribution in [3.8, 4) is 0 Å². The minimum Gasteiger partial charge on any atom is -0.376 e. The van der Waals surface area contributed by atoms with Crippen molar-refractivity contribution in [2.24, 2.45) is 5.92 Å². The zero-order valence-corrected chi connectivity index (χ0v) is 23.6. The van der Waals surface area contributed by atoms with Crippen LogP contribution in [0.2, 0.25) is 0 Å². The number of amides is 3. The van der Waals surface area contributed by atoms with E-state index in [0.717, 1.165) is 67.9 Å². The van der Waals surface area contributed by atoms with Crippen molar-refractivity contribution in [2.75, 3.05) is 41.8 Å². The third-order valence-electron chi connectivity index (χ3n) is 7.75. The first-order chi connectivity index (χ1) is 18.2. The maximum Gasteiger partial charge on any atom is 0.323 e. The molecule has 206 valence electrons. The first-order valence-corrected chi connectivity index (χ1v) is 14.2. The van der Waals surface area contributed by atoms with E-state index in [1.165, 1.54) is 0 Å². The van der Waals surface area contributed by atoms with Gasteiger partial charge in [0.15, 0.2) is 0 Å². The fraction of sp³-hybridized carbons (Fsp3) is 0.548. The monoisotopic (exact) mass is 520 g/mol. The molecule has 7 heteroatoms. The number of hydrogen-bond acceptors (Lipinski definition) is 4. The molecule has 2 fully saturated rings. The molecule has 7 nitrogen and oxygen atoms in total. The van der Waals surface area contributed by atoms with Gasteiger partial charge in [0.25, 0.3) is 5.91 Å². The van der Waals surface area contributed by atoms with E-state index in [1.807, 2.05) is 12.1 Å². The molecular formula is C31H44N4O3. The SMILES string of the molecule is CC1CCN(c2ccc(NC(=O)Nc3c(C(C)C)cccc3C(C)C)cc2C(=O)NC[C@@H]2CCCO2)CC1. The van der Waals surface area contributed by atoms with Crippen molar-refractivity contribution in [1.29, 1.82) is 0 Å². The minimum absolute atomic E-state index is 0.0708. The molecule has 0 bridgehead atoms. The predicted octanol–water partition coefficient (Wildman–Crippen LogP) is 6.72. The predicted molar refractivity (Wildman–Crippen MR) is 156 cm³/mol. The lowest BCUT2D eigenvalue weighted by atomic mass is 9.93. The maximum atomic E-state index is 13.4. The first kappa shape index (κ1) is 28.0.